The fraction of sp³-hybridized carbons (Fsp3) is 0.300. The van der Waals surface area contributed by atoms with Gasteiger partial charge in [-0.05, 0) is 43.0 Å². The molecule has 0 spiro atoms. The molecule has 2 atom stereocenters. The number of amides is 2. The Kier molecular flexibility index (Phi) is 4.65. The van der Waals surface area contributed by atoms with Crippen molar-refractivity contribution in [1.29, 1.82) is 0 Å². The van der Waals surface area contributed by atoms with E-state index in [4.69, 9.17) is 0 Å². The molecule has 2 N–H and O–H groups in total. The molecule has 0 bridgehead atoms. The van der Waals surface area contributed by atoms with E-state index in [0.717, 1.165) is 22.4 Å². The monoisotopic (exact) mass is 322 g/mol. The minimum atomic E-state index is -0.222. The molecule has 4 heteroatoms. The van der Waals surface area contributed by atoms with Gasteiger partial charge in [-0.2, -0.15) is 0 Å². The molecule has 2 unspecified atom stereocenters. The van der Waals surface area contributed by atoms with Gasteiger partial charge >= 0.3 is 0 Å². The second kappa shape index (κ2) is 6.87. The van der Waals surface area contributed by atoms with Crippen LogP contribution in [0.4, 0.5) is 5.69 Å². The predicted molar refractivity (Wildman–Crippen MR) is 94.4 cm³/mol. The first-order valence-corrected chi connectivity index (χ1v) is 8.25. The molecular formula is C20H22N2O2. The fourth-order valence-electron chi connectivity index (χ4n) is 2.80. The van der Waals surface area contributed by atoms with Crippen LogP contribution in [-0.4, -0.2) is 11.8 Å². The summed E-state index contributed by atoms with van der Waals surface area (Å²) in [4.78, 5) is 24.5. The summed E-state index contributed by atoms with van der Waals surface area (Å²) in [6, 6.07) is 15.6. The number of aryl methyl sites for hydroxylation is 1. The van der Waals surface area contributed by atoms with Crippen LogP contribution in [0.5, 0.6) is 0 Å². The summed E-state index contributed by atoms with van der Waals surface area (Å²) < 4.78 is 0. The van der Waals surface area contributed by atoms with Gasteiger partial charge in [-0.25, -0.2) is 0 Å². The fourth-order valence-corrected chi connectivity index (χ4v) is 2.80. The summed E-state index contributed by atoms with van der Waals surface area (Å²) in [5, 5.41) is 5.86. The highest BCUT2D eigenvalue weighted by atomic mass is 16.2. The quantitative estimate of drug-likeness (QED) is 0.888. The van der Waals surface area contributed by atoms with E-state index >= 15 is 0 Å². The molecule has 1 aliphatic carbocycles. The lowest BCUT2D eigenvalue weighted by atomic mass is 10.1. The van der Waals surface area contributed by atoms with Crippen LogP contribution in [0.3, 0.4) is 0 Å². The van der Waals surface area contributed by atoms with Crippen molar-refractivity contribution in [2.24, 2.45) is 11.8 Å². The first-order chi connectivity index (χ1) is 11.6. The van der Waals surface area contributed by atoms with E-state index in [0.29, 0.717) is 13.0 Å². The lowest BCUT2D eigenvalue weighted by Crippen LogP contribution is -2.27. The van der Waals surface area contributed by atoms with Gasteiger partial charge in [-0.3, -0.25) is 9.59 Å². The van der Waals surface area contributed by atoms with Crippen LogP contribution in [-0.2, 0) is 16.1 Å². The third kappa shape index (κ3) is 3.65. The maximum Gasteiger partial charge on any atom is 0.228 e. The van der Waals surface area contributed by atoms with Crippen LogP contribution in [0.25, 0.3) is 0 Å². The van der Waals surface area contributed by atoms with E-state index in [-0.39, 0.29) is 23.7 Å². The van der Waals surface area contributed by atoms with E-state index in [1.165, 1.54) is 0 Å². The Balaban J connectivity index is 1.52. The number of hydrogen-bond acceptors (Lipinski definition) is 2. The van der Waals surface area contributed by atoms with E-state index in [2.05, 4.69) is 10.6 Å². The van der Waals surface area contributed by atoms with Crippen molar-refractivity contribution >= 4 is 17.5 Å². The average molecular weight is 322 g/mol. The third-order valence-electron chi connectivity index (χ3n) is 4.64. The first kappa shape index (κ1) is 16.2. The highest BCUT2D eigenvalue weighted by molar-refractivity contribution is 6.00. The van der Waals surface area contributed by atoms with Gasteiger partial charge in [0.1, 0.15) is 0 Å². The molecule has 3 rings (SSSR count). The second-order valence-electron chi connectivity index (χ2n) is 6.39. The molecular weight excluding hydrogens is 300 g/mol. The Morgan fingerprint density at radius 3 is 2.42 bits per heavy atom. The molecule has 0 saturated heterocycles. The number of benzene rings is 2. The zero-order valence-electron chi connectivity index (χ0n) is 14.0. The van der Waals surface area contributed by atoms with Crippen molar-refractivity contribution in [3.05, 3.63) is 65.2 Å². The van der Waals surface area contributed by atoms with Gasteiger partial charge in [0.2, 0.25) is 11.8 Å². The van der Waals surface area contributed by atoms with Crippen LogP contribution < -0.4 is 10.6 Å². The molecule has 0 radical (unpaired) electrons. The zero-order valence-corrected chi connectivity index (χ0v) is 14.0. The Bertz CT molecular complexity index is 755. The summed E-state index contributed by atoms with van der Waals surface area (Å²) in [6.45, 7) is 4.51. The molecule has 4 nitrogen and oxygen atoms in total. The third-order valence-corrected chi connectivity index (χ3v) is 4.64. The molecule has 24 heavy (non-hydrogen) atoms. The second-order valence-corrected chi connectivity index (χ2v) is 6.39. The van der Waals surface area contributed by atoms with Gasteiger partial charge in [0.15, 0.2) is 0 Å². The predicted octanol–water partition coefficient (Wildman–Crippen LogP) is 3.19. The van der Waals surface area contributed by atoms with Crippen LogP contribution in [0, 0.1) is 25.7 Å². The van der Waals surface area contributed by atoms with Gasteiger partial charge in [0.25, 0.3) is 0 Å². The molecule has 2 aromatic carbocycles. The molecule has 0 aromatic heterocycles. The number of anilines is 1. The van der Waals surface area contributed by atoms with Crippen LogP contribution in [0.15, 0.2) is 48.5 Å². The maximum atomic E-state index is 12.3. The molecule has 0 heterocycles. The van der Waals surface area contributed by atoms with Gasteiger partial charge in [-0.1, -0.05) is 42.5 Å². The molecule has 1 fully saturated rings. The van der Waals surface area contributed by atoms with Gasteiger partial charge in [-0.15, -0.1) is 0 Å². The van der Waals surface area contributed by atoms with E-state index in [9.17, 15) is 9.59 Å². The number of carbonyl (C=O) groups excluding carboxylic acids is 2. The number of hydrogen-bond donors (Lipinski definition) is 2. The summed E-state index contributed by atoms with van der Waals surface area (Å²) in [6.07, 6.45) is 0.622. The molecule has 0 aliphatic heterocycles. The van der Waals surface area contributed by atoms with Gasteiger partial charge < -0.3 is 10.6 Å². The number of carbonyl (C=O) groups is 2. The van der Waals surface area contributed by atoms with Crippen molar-refractivity contribution < 1.29 is 9.59 Å². The molecule has 1 saturated carbocycles. The number of rotatable bonds is 5. The van der Waals surface area contributed by atoms with E-state index < -0.39 is 0 Å². The Morgan fingerprint density at radius 1 is 0.958 bits per heavy atom. The standard InChI is InChI=1S/C20H22N2O2/c1-13-7-6-10-18(14(13)2)22-20(24)17-11-16(17)19(23)21-12-15-8-4-3-5-9-15/h3-10,16-17H,11-12H2,1-2H3,(H,21,23)(H,22,24). The van der Waals surface area contributed by atoms with Crippen molar-refractivity contribution in [3.8, 4) is 0 Å². The van der Waals surface area contributed by atoms with Crippen molar-refractivity contribution in [3.63, 3.8) is 0 Å². The minimum absolute atomic E-state index is 0.0417. The van der Waals surface area contributed by atoms with Crippen LogP contribution in [0.1, 0.15) is 23.1 Å². The Hall–Kier alpha value is -2.62. The van der Waals surface area contributed by atoms with Crippen LogP contribution >= 0.6 is 0 Å². The summed E-state index contributed by atoms with van der Waals surface area (Å²) in [5.74, 6) is -0.539. The Morgan fingerprint density at radius 2 is 1.67 bits per heavy atom. The molecule has 2 amide bonds. The molecule has 124 valence electrons. The van der Waals surface area contributed by atoms with E-state index in [1.54, 1.807) is 0 Å². The largest absolute Gasteiger partial charge is 0.352 e. The smallest absolute Gasteiger partial charge is 0.228 e. The molecule has 2 aromatic rings. The zero-order chi connectivity index (χ0) is 17.1. The van der Waals surface area contributed by atoms with Crippen molar-refractivity contribution in [1.82, 2.24) is 5.32 Å². The van der Waals surface area contributed by atoms with Crippen LogP contribution in [0.2, 0.25) is 0 Å². The van der Waals surface area contributed by atoms with E-state index in [1.807, 2.05) is 62.4 Å². The SMILES string of the molecule is Cc1cccc(NC(=O)C2CC2C(=O)NCc2ccccc2)c1C. The van der Waals surface area contributed by atoms with Gasteiger partial charge in [0.05, 0.1) is 11.8 Å². The lowest BCUT2D eigenvalue weighted by molar-refractivity contribution is -0.125. The van der Waals surface area contributed by atoms with Crippen molar-refractivity contribution in [2.75, 3.05) is 5.32 Å². The van der Waals surface area contributed by atoms with Crippen molar-refractivity contribution in [2.45, 2.75) is 26.8 Å². The topological polar surface area (TPSA) is 58.2 Å². The van der Waals surface area contributed by atoms with Gasteiger partial charge in [0, 0.05) is 12.2 Å². The summed E-state index contributed by atoms with van der Waals surface area (Å²) >= 11 is 0. The molecule has 1 aliphatic rings. The highest BCUT2D eigenvalue weighted by Gasteiger charge is 2.47. The Labute approximate surface area is 142 Å². The normalized spacial score (nSPS) is 18.8. The maximum absolute atomic E-state index is 12.3. The highest BCUT2D eigenvalue weighted by Crippen LogP contribution is 2.39. The summed E-state index contributed by atoms with van der Waals surface area (Å²) in [7, 11) is 0. The average Bonchev–Trinajstić information content (AvgIpc) is 3.39. The number of nitrogens with one attached hydrogen (secondary N) is 2. The summed E-state index contributed by atoms with van der Waals surface area (Å²) in [5.41, 5.74) is 4.09. The first-order valence-electron chi connectivity index (χ1n) is 8.25. The minimum Gasteiger partial charge on any atom is -0.352 e. The lowest BCUT2D eigenvalue weighted by Gasteiger charge is -2.10.